The van der Waals surface area contributed by atoms with Gasteiger partial charge in [-0.15, -0.1) is 11.8 Å². The van der Waals surface area contributed by atoms with E-state index in [-0.39, 0.29) is 0 Å². The van der Waals surface area contributed by atoms with Crippen LogP contribution in [0.15, 0.2) is 29.2 Å². The van der Waals surface area contributed by atoms with Crippen LogP contribution in [0.2, 0.25) is 0 Å². The van der Waals surface area contributed by atoms with Gasteiger partial charge < -0.3 is 10.1 Å². The zero-order valence-corrected chi connectivity index (χ0v) is 12.6. The molecule has 3 heteroatoms. The van der Waals surface area contributed by atoms with Crippen LogP contribution in [-0.2, 0) is 4.74 Å². The van der Waals surface area contributed by atoms with Crippen LogP contribution in [0.1, 0.15) is 38.3 Å². The minimum Gasteiger partial charge on any atom is -0.381 e. The molecule has 1 aromatic carbocycles. The summed E-state index contributed by atoms with van der Waals surface area (Å²) in [5, 5.41) is 3.25. The Morgan fingerprint density at radius 1 is 1.22 bits per heavy atom. The second-order valence-electron chi connectivity index (χ2n) is 4.39. The molecule has 0 aliphatic heterocycles. The molecule has 0 aliphatic carbocycles. The van der Waals surface area contributed by atoms with Gasteiger partial charge in [0.1, 0.15) is 0 Å². The third-order valence-corrected chi connectivity index (χ3v) is 3.93. The minimum absolute atomic E-state index is 0.418. The molecule has 0 saturated heterocycles. The molecule has 0 saturated carbocycles. The van der Waals surface area contributed by atoms with Crippen molar-refractivity contribution >= 4 is 11.8 Å². The van der Waals surface area contributed by atoms with E-state index in [4.69, 9.17) is 4.74 Å². The number of benzene rings is 1. The Bertz CT molecular complexity index is 313. The predicted molar refractivity (Wildman–Crippen MR) is 80.4 cm³/mol. The third kappa shape index (κ3) is 5.89. The van der Waals surface area contributed by atoms with Crippen molar-refractivity contribution in [2.75, 3.05) is 26.0 Å². The highest BCUT2D eigenvalue weighted by Crippen LogP contribution is 2.20. The van der Waals surface area contributed by atoms with E-state index in [9.17, 15) is 0 Å². The van der Waals surface area contributed by atoms with E-state index in [2.05, 4.69) is 43.4 Å². The Morgan fingerprint density at radius 2 is 1.94 bits per heavy atom. The topological polar surface area (TPSA) is 21.3 Å². The van der Waals surface area contributed by atoms with E-state index >= 15 is 0 Å². The molecule has 1 rings (SSSR count). The fourth-order valence-electron chi connectivity index (χ4n) is 1.59. The van der Waals surface area contributed by atoms with Crippen LogP contribution in [0.25, 0.3) is 0 Å². The summed E-state index contributed by atoms with van der Waals surface area (Å²) in [4.78, 5) is 1.32. The van der Waals surface area contributed by atoms with Crippen molar-refractivity contribution < 1.29 is 4.74 Å². The smallest absolute Gasteiger partial charge is 0.0560 e. The van der Waals surface area contributed by atoms with Crippen LogP contribution in [-0.4, -0.2) is 26.0 Å². The summed E-state index contributed by atoms with van der Waals surface area (Å²) in [6.45, 7) is 6.10. The Kier molecular flexibility index (Phi) is 8.14. The fraction of sp³-hybridized carbons (Fsp3) is 0.600. The van der Waals surface area contributed by atoms with Crippen LogP contribution >= 0.6 is 11.8 Å². The van der Waals surface area contributed by atoms with E-state index in [1.54, 1.807) is 0 Å². The SMILES string of the molecule is CCCCOCCSc1ccc(C(C)NC)cc1. The van der Waals surface area contributed by atoms with Gasteiger partial charge >= 0.3 is 0 Å². The van der Waals surface area contributed by atoms with Gasteiger partial charge in [-0.05, 0) is 38.1 Å². The van der Waals surface area contributed by atoms with Gasteiger partial charge in [-0.25, -0.2) is 0 Å². The zero-order valence-electron chi connectivity index (χ0n) is 11.7. The highest BCUT2D eigenvalue weighted by Gasteiger charge is 2.01. The van der Waals surface area contributed by atoms with Crippen molar-refractivity contribution in [1.82, 2.24) is 5.32 Å². The fourth-order valence-corrected chi connectivity index (χ4v) is 2.35. The molecule has 1 aromatic rings. The highest BCUT2D eigenvalue weighted by atomic mass is 32.2. The van der Waals surface area contributed by atoms with E-state index < -0.39 is 0 Å². The molecule has 0 spiro atoms. The van der Waals surface area contributed by atoms with Crippen molar-refractivity contribution in [2.45, 2.75) is 37.6 Å². The summed E-state index contributed by atoms with van der Waals surface area (Å²) in [7, 11) is 1.99. The Hall–Kier alpha value is -0.510. The average Bonchev–Trinajstić information content (AvgIpc) is 2.42. The number of hydrogen-bond acceptors (Lipinski definition) is 3. The molecule has 0 radical (unpaired) electrons. The van der Waals surface area contributed by atoms with Crippen molar-refractivity contribution in [1.29, 1.82) is 0 Å². The molecule has 102 valence electrons. The van der Waals surface area contributed by atoms with Crippen LogP contribution < -0.4 is 5.32 Å². The summed E-state index contributed by atoms with van der Waals surface area (Å²) in [6, 6.07) is 9.20. The van der Waals surface area contributed by atoms with Crippen molar-refractivity contribution in [3.05, 3.63) is 29.8 Å². The first-order chi connectivity index (χ1) is 8.77. The van der Waals surface area contributed by atoms with Gasteiger partial charge in [0.15, 0.2) is 0 Å². The first-order valence-electron chi connectivity index (χ1n) is 6.75. The molecule has 18 heavy (non-hydrogen) atoms. The number of unbranched alkanes of at least 4 members (excludes halogenated alkanes) is 1. The van der Waals surface area contributed by atoms with Crippen molar-refractivity contribution in [2.24, 2.45) is 0 Å². The van der Waals surface area contributed by atoms with E-state index in [1.165, 1.54) is 23.3 Å². The lowest BCUT2D eigenvalue weighted by atomic mass is 10.1. The van der Waals surface area contributed by atoms with Gasteiger partial charge in [0, 0.05) is 23.3 Å². The molecule has 2 nitrogen and oxygen atoms in total. The maximum atomic E-state index is 5.54. The second kappa shape index (κ2) is 9.42. The van der Waals surface area contributed by atoms with Gasteiger partial charge in [0.05, 0.1) is 6.61 Å². The molecule has 0 aliphatic rings. The summed E-state index contributed by atoms with van der Waals surface area (Å²) < 4.78 is 5.54. The lowest BCUT2D eigenvalue weighted by Gasteiger charge is -2.11. The van der Waals surface area contributed by atoms with Gasteiger partial charge in [-0.3, -0.25) is 0 Å². The summed E-state index contributed by atoms with van der Waals surface area (Å²) in [6.07, 6.45) is 2.37. The summed E-state index contributed by atoms with van der Waals surface area (Å²) in [5.74, 6) is 1.03. The molecular weight excluding hydrogens is 242 g/mol. The van der Waals surface area contributed by atoms with E-state index in [1.807, 2.05) is 18.8 Å². The first kappa shape index (κ1) is 15.5. The first-order valence-corrected chi connectivity index (χ1v) is 7.74. The zero-order chi connectivity index (χ0) is 13.2. The standard InChI is InChI=1S/C15H25NOS/c1-4-5-10-17-11-12-18-15-8-6-14(7-9-15)13(2)16-3/h6-9,13,16H,4-5,10-12H2,1-3H3. The van der Waals surface area contributed by atoms with Gasteiger partial charge in [-0.2, -0.15) is 0 Å². The van der Waals surface area contributed by atoms with Gasteiger partial charge in [-0.1, -0.05) is 25.5 Å². The summed E-state index contributed by atoms with van der Waals surface area (Å²) >= 11 is 1.86. The molecule has 0 bridgehead atoms. The van der Waals surface area contributed by atoms with Crippen LogP contribution in [0.5, 0.6) is 0 Å². The maximum absolute atomic E-state index is 5.54. The largest absolute Gasteiger partial charge is 0.381 e. The minimum atomic E-state index is 0.418. The van der Waals surface area contributed by atoms with E-state index in [0.29, 0.717) is 6.04 Å². The summed E-state index contributed by atoms with van der Waals surface area (Å²) in [5.41, 5.74) is 1.33. The molecular formula is C15H25NOS. The Balaban J connectivity index is 2.22. The Labute approximate surface area is 116 Å². The highest BCUT2D eigenvalue weighted by molar-refractivity contribution is 7.99. The monoisotopic (exact) mass is 267 g/mol. The maximum Gasteiger partial charge on any atom is 0.0560 e. The molecule has 0 heterocycles. The number of rotatable bonds is 9. The molecule has 1 atom stereocenters. The number of thioether (sulfide) groups is 1. The quantitative estimate of drug-likeness (QED) is 0.542. The van der Waals surface area contributed by atoms with Crippen molar-refractivity contribution in [3.8, 4) is 0 Å². The van der Waals surface area contributed by atoms with Crippen LogP contribution in [0.4, 0.5) is 0 Å². The van der Waals surface area contributed by atoms with Crippen molar-refractivity contribution in [3.63, 3.8) is 0 Å². The predicted octanol–water partition coefficient (Wildman–Crippen LogP) is 3.88. The Morgan fingerprint density at radius 3 is 2.56 bits per heavy atom. The lowest BCUT2D eigenvalue weighted by Crippen LogP contribution is -2.11. The molecule has 1 N–H and O–H groups in total. The van der Waals surface area contributed by atoms with Gasteiger partial charge in [0.2, 0.25) is 0 Å². The normalized spacial score (nSPS) is 12.6. The molecule has 1 unspecified atom stereocenters. The average molecular weight is 267 g/mol. The lowest BCUT2D eigenvalue weighted by molar-refractivity contribution is 0.147. The molecule has 0 amide bonds. The third-order valence-electron chi connectivity index (χ3n) is 2.95. The molecule has 0 fully saturated rings. The van der Waals surface area contributed by atoms with E-state index in [0.717, 1.165) is 19.0 Å². The molecule has 0 aromatic heterocycles. The number of nitrogens with one attached hydrogen (secondary N) is 1. The number of ether oxygens (including phenoxy) is 1. The van der Waals surface area contributed by atoms with Gasteiger partial charge in [0.25, 0.3) is 0 Å². The number of hydrogen-bond donors (Lipinski definition) is 1. The van der Waals surface area contributed by atoms with Crippen LogP contribution in [0, 0.1) is 0 Å². The second-order valence-corrected chi connectivity index (χ2v) is 5.56. The van der Waals surface area contributed by atoms with Crippen LogP contribution in [0.3, 0.4) is 0 Å².